The maximum atomic E-state index is 10.6. The molecule has 0 aromatic carbocycles. The van der Waals surface area contributed by atoms with Crippen LogP contribution in [-0.2, 0) is 9.53 Å². The number of ether oxygens (including phenoxy) is 1. The number of carbonyl (C=O) groups excluding carboxylic acids is 1. The predicted octanol–water partition coefficient (Wildman–Crippen LogP) is 0.157. The van der Waals surface area contributed by atoms with E-state index in [-0.39, 0.29) is 18.6 Å². The summed E-state index contributed by atoms with van der Waals surface area (Å²) in [5.41, 5.74) is 0. The molecule has 1 rings (SSSR count). The van der Waals surface area contributed by atoms with E-state index >= 15 is 0 Å². The van der Waals surface area contributed by atoms with Crippen LogP contribution in [0.4, 0.5) is 0 Å². The molecule has 1 fully saturated rings. The highest BCUT2D eigenvalue weighted by molar-refractivity contribution is 5.77. The summed E-state index contributed by atoms with van der Waals surface area (Å²) in [6, 6.07) is 0. The van der Waals surface area contributed by atoms with Crippen molar-refractivity contribution in [1.29, 1.82) is 0 Å². The van der Waals surface area contributed by atoms with Crippen LogP contribution in [0.15, 0.2) is 0 Å². The molecular formula is C7H13NO2. The molecule has 0 radical (unpaired) electrons. The van der Waals surface area contributed by atoms with Crippen LogP contribution < -0.4 is 5.32 Å². The van der Waals surface area contributed by atoms with Crippen LogP contribution in [0, 0.1) is 5.92 Å². The Balaban J connectivity index is 2.33. The lowest BCUT2D eigenvalue weighted by atomic mass is 10.1. The zero-order chi connectivity index (χ0) is 7.56. The summed E-state index contributed by atoms with van der Waals surface area (Å²) in [4.78, 5) is 10.6. The van der Waals surface area contributed by atoms with Crippen molar-refractivity contribution in [3.8, 4) is 0 Å². The van der Waals surface area contributed by atoms with E-state index in [9.17, 15) is 4.79 Å². The van der Waals surface area contributed by atoms with E-state index in [2.05, 4.69) is 19.2 Å². The van der Waals surface area contributed by atoms with Gasteiger partial charge in [0.15, 0.2) is 0 Å². The maximum absolute atomic E-state index is 10.6. The topological polar surface area (TPSA) is 38.3 Å². The van der Waals surface area contributed by atoms with Crippen LogP contribution in [0.3, 0.4) is 0 Å². The molecule has 0 unspecified atom stereocenters. The molecule has 1 aliphatic heterocycles. The van der Waals surface area contributed by atoms with Crippen molar-refractivity contribution in [2.75, 3.05) is 13.2 Å². The van der Waals surface area contributed by atoms with Gasteiger partial charge in [0.2, 0.25) is 5.91 Å². The first-order chi connectivity index (χ1) is 4.70. The Morgan fingerprint density at radius 3 is 2.80 bits per heavy atom. The molecule has 1 atom stereocenters. The number of amides is 1. The highest BCUT2D eigenvalue weighted by Crippen LogP contribution is 2.07. The summed E-state index contributed by atoms with van der Waals surface area (Å²) in [6.45, 7) is 5.06. The Kier molecular flexibility index (Phi) is 2.27. The SMILES string of the molecule is CC(C)[C@H]1CNC(=O)CO1. The van der Waals surface area contributed by atoms with Gasteiger partial charge in [-0.2, -0.15) is 0 Å². The number of nitrogens with one attached hydrogen (secondary N) is 1. The Bertz CT molecular complexity index is 124. The Labute approximate surface area is 60.7 Å². The van der Waals surface area contributed by atoms with Gasteiger partial charge >= 0.3 is 0 Å². The highest BCUT2D eigenvalue weighted by atomic mass is 16.5. The van der Waals surface area contributed by atoms with Gasteiger partial charge in [-0.15, -0.1) is 0 Å². The summed E-state index contributed by atoms with van der Waals surface area (Å²) in [5, 5.41) is 2.75. The van der Waals surface area contributed by atoms with Gasteiger partial charge in [-0.1, -0.05) is 13.8 Å². The van der Waals surface area contributed by atoms with E-state index in [1.165, 1.54) is 0 Å². The first kappa shape index (κ1) is 7.54. The zero-order valence-electron chi connectivity index (χ0n) is 6.39. The lowest BCUT2D eigenvalue weighted by Crippen LogP contribution is -2.45. The fourth-order valence-electron chi connectivity index (χ4n) is 0.935. The molecule has 1 heterocycles. The van der Waals surface area contributed by atoms with E-state index in [0.717, 1.165) is 0 Å². The van der Waals surface area contributed by atoms with Crippen LogP contribution in [0.25, 0.3) is 0 Å². The van der Waals surface area contributed by atoms with Crippen LogP contribution in [0.5, 0.6) is 0 Å². The number of morpholine rings is 1. The summed E-state index contributed by atoms with van der Waals surface area (Å²) in [7, 11) is 0. The minimum Gasteiger partial charge on any atom is -0.366 e. The normalized spacial score (nSPS) is 26.7. The van der Waals surface area contributed by atoms with Crippen molar-refractivity contribution in [1.82, 2.24) is 5.32 Å². The standard InChI is InChI=1S/C7H13NO2/c1-5(2)6-3-8-7(9)4-10-6/h5-6H,3-4H2,1-2H3,(H,8,9)/t6-/m1/s1. The third-order valence-electron chi connectivity index (χ3n) is 1.67. The average Bonchev–Trinajstić information content (AvgIpc) is 1.88. The van der Waals surface area contributed by atoms with Crippen molar-refractivity contribution in [3.63, 3.8) is 0 Å². The van der Waals surface area contributed by atoms with Crippen LogP contribution >= 0.6 is 0 Å². The largest absolute Gasteiger partial charge is 0.366 e. The van der Waals surface area contributed by atoms with Crippen molar-refractivity contribution >= 4 is 5.91 Å². The summed E-state index contributed by atoms with van der Waals surface area (Å²) in [5.74, 6) is 0.484. The van der Waals surface area contributed by atoms with Crippen LogP contribution in [0.1, 0.15) is 13.8 Å². The number of hydrogen-bond acceptors (Lipinski definition) is 2. The second-order valence-electron chi connectivity index (χ2n) is 2.90. The van der Waals surface area contributed by atoms with Gasteiger partial charge in [0.05, 0.1) is 6.10 Å². The van der Waals surface area contributed by atoms with Crippen molar-refractivity contribution in [3.05, 3.63) is 0 Å². The van der Waals surface area contributed by atoms with E-state index in [1.54, 1.807) is 0 Å². The Morgan fingerprint density at radius 1 is 1.70 bits per heavy atom. The van der Waals surface area contributed by atoms with Crippen molar-refractivity contribution in [2.45, 2.75) is 20.0 Å². The van der Waals surface area contributed by atoms with E-state index in [4.69, 9.17) is 4.74 Å². The smallest absolute Gasteiger partial charge is 0.246 e. The van der Waals surface area contributed by atoms with Crippen LogP contribution in [-0.4, -0.2) is 25.2 Å². The molecule has 0 spiro atoms. The summed E-state index contributed by atoms with van der Waals surface area (Å²) < 4.78 is 5.24. The molecule has 1 N–H and O–H groups in total. The molecule has 0 saturated carbocycles. The molecular weight excluding hydrogens is 130 g/mol. The second-order valence-corrected chi connectivity index (χ2v) is 2.90. The first-order valence-electron chi connectivity index (χ1n) is 3.58. The Hall–Kier alpha value is -0.570. The fraction of sp³-hybridized carbons (Fsp3) is 0.857. The quantitative estimate of drug-likeness (QED) is 0.567. The molecule has 10 heavy (non-hydrogen) atoms. The molecule has 0 aliphatic carbocycles. The minimum atomic E-state index is -0.00287. The highest BCUT2D eigenvalue weighted by Gasteiger charge is 2.20. The lowest BCUT2D eigenvalue weighted by Gasteiger charge is -2.25. The third kappa shape index (κ3) is 1.70. The van der Waals surface area contributed by atoms with Gasteiger partial charge in [-0.05, 0) is 5.92 Å². The fourth-order valence-corrected chi connectivity index (χ4v) is 0.935. The van der Waals surface area contributed by atoms with Gasteiger partial charge in [-0.25, -0.2) is 0 Å². The van der Waals surface area contributed by atoms with E-state index in [0.29, 0.717) is 12.5 Å². The molecule has 0 aromatic rings. The van der Waals surface area contributed by atoms with Gasteiger partial charge in [0.25, 0.3) is 0 Å². The zero-order valence-corrected chi connectivity index (χ0v) is 6.39. The Morgan fingerprint density at radius 2 is 2.40 bits per heavy atom. The molecule has 3 heteroatoms. The predicted molar refractivity (Wildman–Crippen MR) is 37.6 cm³/mol. The lowest BCUT2D eigenvalue weighted by molar-refractivity contribution is -0.134. The molecule has 58 valence electrons. The molecule has 1 saturated heterocycles. The van der Waals surface area contributed by atoms with Gasteiger partial charge in [-0.3, -0.25) is 4.79 Å². The second kappa shape index (κ2) is 3.01. The van der Waals surface area contributed by atoms with Gasteiger partial charge < -0.3 is 10.1 Å². The monoisotopic (exact) mass is 143 g/mol. The molecule has 0 bridgehead atoms. The van der Waals surface area contributed by atoms with Crippen molar-refractivity contribution < 1.29 is 9.53 Å². The summed E-state index contributed by atoms with van der Waals surface area (Å²) in [6.07, 6.45) is 0.206. The third-order valence-corrected chi connectivity index (χ3v) is 1.67. The number of carbonyl (C=O) groups is 1. The van der Waals surface area contributed by atoms with Crippen molar-refractivity contribution in [2.24, 2.45) is 5.92 Å². The van der Waals surface area contributed by atoms with E-state index < -0.39 is 0 Å². The van der Waals surface area contributed by atoms with Gasteiger partial charge in [0.1, 0.15) is 6.61 Å². The number of hydrogen-bond donors (Lipinski definition) is 1. The molecule has 3 nitrogen and oxygen atoms in total. The molecule has 1 amide bonds. The maximum Gasteiger partial charge on any atom is 0.246 e. The van der Waals surface area contributed by atoms with Gasteiger partial charge in [0, 0.05) is 6.54 Å². The molecule has 1 aliphatic rings. The first-order valence-corrected chi connectivity index (χ1v) is 3.58. The molecule has 0 aromatic heterocycles. The average molecular weight is 143 g/mol. The van der Waals surface area contributed by atoms with E-state index in [1.807, 2.05) is 0 Å². The number of rotatable bonds is 1. The summed E-state index contributed by atoms with van der Waals surface area (Å²) >= 11 is 0. The minimum absolute atomic E-state index is 0.00287. The van der Waals surface area contributed by atoms with Crippen LogP contribution in [0.2, 0.25) is 0 Å².